The van der Waals surface area contributed by atoms with Crippen molar-refractivity contribution in [1.29, 1.82) is 0 Å². The summed E-state index contributed by atoms with van der Waals surface area (Å²) in [4.78, 5) is 5.03. The van der Waals surface area contributed by atoms with Crippen molar-refractivity contribution in [2.24, 2.45) is 0 Å². The van der Waals surface area contributed by atoms with Gasteiger partial charge in [-0.2, -0.15) is 5.10 Å². The molecule has 4 nitrogen and oxygen atoms in total. The average Bonchev–Trinajstić information content (AvgIpc) is 2.82. The van der Waals surface area contributed by atoms with Crippen LogP contribution in [0.4, 0.5) is 4.39 Å². The first kappa shape index (κ1) is 13.0. The van der Waals surface area contributed by atoms with Crippen LogP contribution >= 0.6 is 11.8 Å². The zero-order chi connectivity index (χ0) is 13.0. The van der Waals surface area contributed by atoms with E-state index >= 15 is 0 Å². The molecule has 2 N–H and O–H groups in total. The van der Waals surface area contributed by atoms with Crippen LogP contribution in [0.15, 0.2) is 34.6 Å². The molecule has 0 radical (unpaired) electrons. The van der Waals surface area contributed by atoms with Gasteiger partial charge in [0.2, 0.25) is 0 Å². The molecule has 0 amide bonds. The van der Waals surface area contributed by atoms with Gasteiger partial charge in [-0.05, 0) is 23.8 Å². The van der Waals surface area contributed by atoms with Crippen molar-refractivity contribution in [1.82, 2.24) is 20.5 Å². The second-order valence-electron chi connectivity index (χ2n) is 4.18. The summed E-state index contributed by atoms with van der Waals surface area (Å²) in [6, 6.07) is 5.13. The minimum atomic E-state index is -0.225. The highest BCUT2D eigenvalue weighted by Gasteiger charge is 2.08. The Morgan fingerprint density at radius 1 is 1.44 bits per heavy atom. The van der Waals surface area contributed by atoms with Gasteiger partial charge in [-0.1, -0.05) is 25.6 Å². The Kier molecular flexibility index (Phi) is 4.33. The van der Waals surface area contributed by atoms with Crippen molar-refractivity contribution in [2.75, 3.05) is 0 Å². The van der Waals surface area contributed by atoms with Gasteiger partial charge in [-0.25, -0.2) is 9.37 Å². The van der Waals surface area contributed by atoms with Gasteiger partial charge in [0.15, 0.2) is 5.16 Å². The SMILES string of the molecule is CC(C)NCc1cc(F)ccc1Sc1ncn[nH]1. The number of rotatable bonds is 5. The van der Waals surface area contributed by atoms with Crippen molar-refractivity contribution in [3.8, 4) is 0 Å². The number of halogens is 1. The van der Waals surface area contributed by atoms with Crippen molar-refractivity contribution in [3.63, 3.8) is 0 Å². The molecule has 1 aromatic carbocycles. The third-order valence-electron chi connectivity index (χ3n) is 2.32. The van der Waals surface area contributed by atoms with Crippen LogP contribution < -0.4 is 5.32 Å². The molecule has 18 heavy (non-hydrogen) atoms. The van der Waals surface area contributed by atoms with Gasteiger partial charge in [0, 0.05) is 17.5 Å². The molecule has 6 heteroatoms. The van der Waals surface area contributed by atoms with Crippen LogP contribution in [0.5, 0.6) is 0 Å². The molecule has 0 aliphatic rings. The highest BCUT2D eigenvalue weighted by Crippen LogP contribution is 2.28. The van der Waals surface area contributed by atoms with Gasteiger partial charge in [0.1, 0.15) is 12.1 Å². The molecule has 2 aromatic rings. The van der Waals surface area contributed by atoms with Gasteiger partial charge in [-0.3, -0.25) is 5.10 Å². The number of H-pyrrole nitrogens is 1. The van der Waals surface area contributed by atoms with Crippen molar-refractivity contribution < 1.29 is 4.39 Å². The van der Waals surface area contributed by atoms with E-state index in [1.54, 1.807) is 12.1 Å². The predicted molar refractivity (Wildman–Crippen MR) is 68.9 cm³/mol. The van der Waals surface area contributed by atoms with E-state index in [1.165, 1.54) is 24.2 Å². The van der Waals surface area contributed by atoms with Gasteiger partial charge in [-0.15, -0.1) is 0 Å². The number of nitrogens with one attached hydrogen (secondary N) is 2. The Morgan fingerprint density at radius 2 is 2.28 bits per heavy atom. The molecule has 1 aromatic heterocycles. The van der Waals surface area contributed by atoms with E-state index in [1.807, 2.05) is 0 Å². The molecule has 0 unspecified atom stereocenters. The lowest BCUT2D eigenvalue weighted by molar-refractivity contribution is 0.576. The second kappa shape index (κ2) is 5.97. The summed E-state index contributed by atoms with van der Waals surface area (Å²) in [5.41, 5.74) is 0.921. The van der Waals surface area contributed by atoms with Gasteiger partial charge in [0.25, 0.3) is 0 Å². The van der Waals surface area contributed by atoms with Crippen molar-refractivity contribution >= 4 is 11.8 Å². The summed E-state index contributed by atoms with van der Waals surface area (Å²) in [5, 5.41) is 10.6. The average molecular weight is 266 g/mol. The molecular formula is C12H15FN4S. The summed E-state index contributed by atoms with van der Waals surface area (Å²) >= 11 is 1.45. The maximum atomic E-state index is 13.3. The fourth-order valence-corrected chi connectivity index (χ4v) is 2.25. The van der Waals surface area contributed by atoms with Gasteiger partial charge in [0.05, 0.1) is 0 Å². The number of aromatic amines is 1. The smallest absolute Gasteiger partial charge is 0.188 e. The Morgan fingerprint density at radius 3 is 2.94 bits per heavy atom. The first-order chi connectivity index (χ1) is 8.65. The van der Waals surface area contributed by atoms with Crippen LogP contribution in [0.2, 0.25) is 0 Å². The molecule has 0 fully saturated rings. The molecule has 96 valence electrons. The van der Waals surface area contributed by atoms with Crippen molar-refractivity contribution in [2.45, 2.75) is 36.5 Å². The lowest BCUT2D eigenvalue weighted by Gasteiger charge is -2.11. The lowest BCUT2D eigenvalue weighted by Crippen LogP contribution is -2.22. The molecule has 0 saturated carbocycles. The Bertz CT molecular complexity index is 499. The van der Waals surface area contributed by atoms with Crippen LogP contribution in [0.25, 0.3) is 0 Å². The summed E-state index contributed by atoms with van der Waals surface area (Å²) in [5.74, 6) is -0.225. The Hall–Kier alpha value is -1.40. The molecule has 0 aliphatic carbocycles. The molecule has 0 spiro atoms. The van der Waals surface area contributed by atoms with E-state index in [0.29, 0.717) is 17.7 Å². The Balaban J connectivity index is 2.17. The highest BCUT2D eigenvalue weighted by molar-refractivity contribution is 7.99. The van der Waals surface area contributed by atoms with Crippen LogP contribution in [0, 0.1) is 5.82 Å². The molecule has 1 heterocycles. The zero-order valence-corrected chi connectivity index (χ0v) is 11.1. The lowest BCUT2D eigenvalue weighted by atomic mass is 10.2. The van der Waals surface area contributed by atoms with Crippen LogP contribution in [-0.4, -0.2) is 21.2 Å². The summed E-state index contributed by atoms with van der Waals surface area (Å²) in [7, 11) is 0. The minimum absolute atomic E-state index is 0.225. The molecule has 2 rings (SSSR count). The second-order valence-corrected chi connectivity index (χ2v) is 5.21. The highest BCUT2D eigenvalue weighted by atomic mass is 32.2. The van der Waals surface area contributed by atoms with E-state index < -0.39 is 0 Å². The third-order valence-corrected chi connectivity index (χ3v) is 3.33. The normalized spacial score (nSPS) is 11.1. The molecule has 0 bridgehead atoms. The van der Waals surface area contributed by atoms with Crippen LogP contribution in [0.1, 0.15) is 19.4 Å². The number of hydrogen-bond donors (Lipinski definition) is 2. The predicted octanol–water partition coefficient (Wildman–Crippen LogP) is 2.59. The summed E-state index contributed by atoms with van der Waals surface area (Å²) < 4.78 is 13.3. The van der Waals surface area contributed by atoms with Crippen molar-refractivity contribution in [3.05, 3.63) is 35.9 Å². The third kappa shape index (κ3) is 3.54. The molecule has 0 atom stereocenters. The summed E-state index contributed by atoms with van der Waals surface area (Å²) in [6.07, 6.45) is 1.46. The van der Waals surface area contributed by atoms with Crippen LogP contribution in [0.3, 0.4) is 0 Å². The number of benzene rings is 1. The quantitative estimate of drug-likeness (QED) is 0.873. The fourth-order valence-electron chi connectivity index (χ4n) is 1.45. The number of nitrogens with zero attached hydrogens (tertiary/aromatic N) is 2. The number of hydrogen-bond acceptors (Lipinski definition) is 4. The molecular weight excluding hydrogens is 251 g/mol. The van der Waals surface area contributed by atoms with Gasteiger partial charge >= 0.3 is 0 Å². The first-order valence-corrected chi connectivity index (χ1v) is 6.52. The standard InChI is InChI=1S/C12H15FN4S/c1-8(2)14-6-9-5-10(13)3-4-11(9)18-12-15-7-16-17-12/h3-5,7-8,14H,6H2,1-2H3,(H,15,16,17). The Labute approximate surface area is 109 Å². The van der Waals surface area contributed by atoms with E-state index in [9.17, 15) is 4.39 Å². The maximum absolute atomic E-state index is 13.3. The zero-order valence-electron chi connectivity index (χ0n) is 10.3. The number of aromatic nitrogens is 3. The van der Waals surface area contributed by atoms with Gasteiger partial charge < -0.3 is 5.32 Å². The minimum Gasteiger partial charge on any atom is -0.310 e. The topological polar surface area (TPSA) is 53.6 Å². The summed E-state index contributed by atoms with van der Waals surface area (Å²) in [6.45, 7) is 4.75. The molecule has 0 saturated heterocycles. The van der Waals surface area contributed by atoms with E-state index in [0.717, 1.165) is 10.5 Å². The fraction of sp³-hybridized carbons (Fsp3) is 0.333. The van der Waals surface area contributed by atoms with E-state index in [4.69, 9.17) is 0 Å². The van der Waals surface area contributed by atoms with E-state index in [-0.39, 0.29) is 5.82 Å². The van der Waals surface area contributed by atoms with E-state index in [2.05, 4.69) is 34.3 Å². The molecule has 0 aliphatic heterocycles. The van der Waals surface area contributed by atoms with Crippen LogP contribution in [-0.2, 0) is 6.54 Å². The monoisotopic (exact) mass is 266 g/mol. The first-order valence-electron chi connectivity index (χ1n) is 5.70. The maximum Gasteiger partial charge on any atom is 0.188 e. The largest absolute Gasteiger partial charge is 0.310 e.